The van der Waals surface area contributed by atoms with E-state index < -0.39 is 0 Å². The number of nitrogens with one attached hydrogen (secondary N) is 1. The molecule has 1 amide bonds. The molecular weight excluding hydrogens is 228 g/mol. The summed E-state index contributed by atoms with van der Waals surface area (Å²) in [6.07, 6.45) is 0. The van der Waals surface area contributed by atoms with E-state index in [0.29, 0.717) is 5.56 Å². The number of carbonyl (C=O) groups is 1. The Kier molecular flexibility index (Phi) is 3.72. The first kappa shape index (κ1) is 12.7. The van der Waals surface area contributed by atoms with Crippen LogP contribution >= 0.6 is 0 Å². The van der Waals surface area contributed by atoms with Crippen LogP contribution < -0.4 is 16.0 Å². The topological polar surface area (TPSA) is 61.6 Å². The van der Waals surface area contributed by atoms with E-state index in [1.807, 2.05) is 6.07 Å². The van der Waals surface area contributed by atoms with Gasteiger partial charge in [-0.1, -0.05) is 0 Å². The summed E-state index contributed by atoms with van der Waals surface area (Å²) in [5.41, 5.74) is 8.35. The number of likely N-dealkylation sites (N-methyl/N-ethyl adjacent to an activating group) is 1. The highest BCUT2D eigenvalue weighted by atomic mass is 16.1. The second-order valence-corrected chi connectivity index (χ2v) is 4.64. The van der Waals surface area contributed by atoms with Crippen molar-refractivity contribution in [1.29, 1.82) is 0 Å². The van der Waals surface area contributed by atoms with Crippen molar-refractivity contribution in [1.82, 2.24) is 10.2 Å². The molecule has 0 spiro atoms. The number of nitrogens with two attached hydrogens (primary N) is 1. The fourth-order valence-corrected chi connectivity index (χ4v) is 2.15. The Labute approximate surface area is 108 Å². The number of hydrogen-bond donors (Lipinski definition) is 2. The molecule has 0 saturated carbocycles. The molecule has 2 rings (SSSR count). The molecule has 5 heteroatoms. The number of amides is 1. The van der Waals surface area contributed by atoms with Crippen molar-refractivity contribution < 1.29 is 4.79 Å². The Hall–Kier alpha value is -1.75. The summed E-state index contributed by atoms with van der Waals surface area (Å²) in [6.45, 7) is 3.92. The average Bonchev–Trinajstić information content (AvgIpc) is 2.39. The largest absolute Gasteiger partial charge is 0.397 e. The van der Waals surface area contributed by atoms with Gasteiger partial charge in [-0.15, -0.1) is 0 Å². The molecule has 98 valence electrons. The van der Waals surface area contributed by atoms with Crippen LogP contribution in [-0.2, 0) is 0 Å². The molecule has 1 aliphatic rings. The van der Waals surface area contributed by atoms with Gasteiger partial charge in [-0.2, -0.15) is 0 Å². The Morgan fingerprint density at radius 3 is 2.56 bits per heavy atom. The van der Waals surface area contributed by atoms with E-state index in [2.05, 4.69) is 22.2 Å². The zero-order chi connectivity index (χ0) is 13.1. The van der Waals surface area contributed by atoms with Gasteiger partial charge in [0, 0.05) is 38.8 Å². The smallest absolute Gasteiger partial charge is 0.251 e. The number of carbonyl (C=O) groups excluding carboxylic acids is 1. The third kappa shape index (κ3) is 2.56. The molecule has 0 atom stereocenters. The number of hydrogen-bond acceptors (Lipinski definition) is 4. The minimum atomic E-state index is -0.0784. The minimum absolute atomic E-state index is 0.0784. The molecule has 0 aliphatic carbocycles. The van der Waals surface area contributed by atoms with Crippen LogP contribution in [0.3, 0.4) is 0 Å². The highest BCUT2D eigenvalue weighted by Crippen LogP contribution is 2.25. The van der Waals surface area contributed by atoms with Crippen molar-refractivity contribution in [3.63, 3.8) is 0 Å². The van der Waals surface area contributed by atoms with Crippen molar-refractivity contribution in [3.05, 3.63) is 23.8 Å². The molecular formula is C13H20N4O. The molecule has 1 aliphatic heterocycles. The zero-order valence-corrected chi connectivity index (χ0v) is 10.9. The molecule has 1 heterocycles. The third-order valence-corrected chi connectivity index (χ3v) is 3.36. The third-order valence-electron chi connectivity index (χ3n) is 3.36. The maximum absolute atomic E-state index is 11.6. The summed E-state index contributed by atoms with van der Waals surface area (Å²) >= 11 is 0. The standard InChI is InChI=1S/C13H20N4O/c1-15-13(18)10-3-4-11(14)12(9-10)17-7-5-16(2)6-8-17/h3-4,9H,5-8,14H2,1-2H3,(H,15,18). The number of nitrogens with zero attached hydrogens (tertiary/aromatic N) is 2. The van der Waals surface area contributed by atoms with Crippen molar-refractivity contribution in [3.8, 4) is 0 Å². The van der Waals surface area contributed by atoms with Crippen LogP contribution in [0.5, 0.6) is 0 Å². The SMILES string of the molecule is CNC(=O)c1ccc(N)c(N2CCN(C)CC2)c1. The summed E-state index contributed by atoms with van der Waals surface area (Å²) in [7, 11) is 3.75. The van der Waals surface area contributed by atoms with Crippen molar-refractivity contribution >= 4 is 17.3 Å². The fraction of sp³-hybridized carbons (Fsp3) is 0.462. The summed E-state index contributed by atoms with van der Waals surface area (Å²) in [5, 5.41) is 2.63. The quantitative estimate of drug-likeness (QED) is 0.743. The Balaban J connectivity index is 2.23. The van der Waals surface area contributed by atoms with E-state index in [1.165, 1.54) is 0 Å². The lowest BCUT2D eigenvalue weighted by atomic mass is 10.1. The fourth-order valence-electron chi connectivity index (χ4n) is 2.15. The molecule has 3 N–H and O–H groups in total. The summed E-state index contributed by atoms with van der Waals surface area (Å²) in [6, 6.07) is 5.44. The van der Waals surface area contributed by atoms with Gasteiger partial charge in [0.25, 0.3) is 5.91 Å². The average molecular weight is 248 g/mol. The highest BCUT2D eigenvalue weighted by molar-refractivity contribution is 5.96. The second-order valence-electron chi connectivity index (χ2n) is 4.64. The predicted molar refractivity (Wildman–Crippen MR) is 74.0 cm³/mol. The molecule has 1 aromatic rings. The van der Waals surface area contributed by atoms with Gasteiger partial charge in [-0.05, 0) is 25.2 Å². The molecule has 0 unspecified atom stereocenters. The monoisotopic (exact) mass is 248 g/mol. The van der Waals surface area contributed by atoms with Gasteiger partial charge in [0.1, 0.15) is 0 Å². The summed E-state index contributed by atoms with van der Waals surface area (Å²) in [5.74, 6) is -0.0784. The van der Waals surface area contributed by atoms with E-state index in [0.717, 1.165) is 37.6 Å². The molecule has 0 aromatic heterocycles. The van der Waals surface area contributed by atoms with Crippen molar-refractivity contribution in [2.75, 3.05) is 50.9 Å². The number of anilines is 2. The molecule has 1 saturated heterocycles. The normalized spacial score (nSPS) is 16.7. The van der Waals surface area contributed by atoms with Crippen LogP contribution in [0.25, 0.3) is 0 Å². The molecule has 1 fully saturated rings. The van der Waals surface area contributed by atoms with Crippen LogP contribution in [0.15, 0.2) is 18.2 Å². The first-order valence-electron chi connectivity index (χ1n) is 6.17. The van der Waals surface area contributed by atoms with Gasteiger partial charge in [0.15, 0.2) is 0 Å². The van der Waals surface area contributed by atoms with Crippen LogP contribution in [0.2, 0.25) is 0 Å². The van der Waals surface area contributed by atoms with Crippen LogP contribution in [0.4, 0.5) is 11.4 Å². The van der Waals surface area contributed by atoms with Gasteiger partial charge in [0.2, 0.25) is 0 Å². The molecule has 0 radical (unpaired) electrons. The number of nitrogen functional groups attached to an aromatic ring is 1. The summed E-state index contributed by atoms with van der Waals surface area (Å²) in [4.78, 5) is 16.2. The molecule has 18 heavy (non-hydrogen) atoms. The lowest BCUT2D eigenvalue weighted by Crippen LogP contribution is -2.44. The van der Waals surface area contributed by atoms with Crippen LogP contribution in [0, 0.1) is 0 Å². The van der Waals surface area contributed by atoms with Gasteiger partial charge in [0.05, 0.1) is 11.4 Å². The second kappa shape index (κ2) is 5.27. The van der Waals surface area contributed by atoms with E-state index >= 15 is 0 Å². The Morgan fingerprint density at radius 1 is 1.28 bits per heavy atom. The van der Waals surface area contributed by atoms with Gasteiger partial charge in [-0.25, -0.2) is 0 Å². The molecule has 0 bridgehead atoms. The van der Waals surface area contributed by atoms with Crippen LogP contribution in [0.1, 0.15) is 10.4 Å². The van der Waals surface area contributed by atoms with Gasteiger partial charge in [-0.3, -0.25) is 4.79 Å². The first-order chi connectivity index (χ1) is 8.61. The highest BCUT2D eigenvalue weighted by Gasteiger charge is 2.17. The van der Waals surface area contributed by atoms with E-state index in [9.17, 15) is 4.79 Å². The lowest BCUT2D eigenvalue weighted by molar-refractivity contribution is 0.0963. The molecule has 1 aromatic carbocycles. The first-order valence-corrected chi connectivity index (χ1v) is 6.17. The maximum Gasteiger partial charge on any atom is 0.251 e. The number of rotatable bonds is 2. The van der Waals surface area contributed by atoms with Gasteiger partial charge >= 0.3 is 0 Å². The zero-order valence-electron chi connectivity index (χ0n) is 10.9. The minimum Gasteiger partial charge on any atom is -0.397 e. The van der Waals surface area contributed by atoms with Gasteiger partial charge < -0.3 is 20.9 Å². The molecule has 5 nitrogen and oxygen atoms in total. The van der Waals surface area contributed by atoms with Crippen molar-refractivity contribution in [2.24, 2.45) is 0 Å². The predicted octanol–water partition coefficient (Wildman–Crippen LogP) is 0.380. The van der Waals surface area contributed by atoms with Crippen molar-refractivity contribution in [2.45, 2.75) is 0 Å². The Bertz CT molecular complexity index is 439. The number of piperazine rings is 1. The summed E-state index contributed by atoms with van der Waals surface area (Å²) < 4.78 is 0. The van der Waals surface area contributed by atoms with Crippen LogP contribution in [-0.4, -0.2) is 51.1 Å². The van der Waals surface area contributed by atoms with E-state index in [1.54, 1.807) is 19.2 Å². The Morgan fingerprint density at radius 2 is 1.94 bits per heavy atom. The maximum atomic E-state index is 11.6. The lowest BCUT2D eigenvalue weighted by Gasteiger charge is -2.34. The van der Waals surface area contributed by atoms with E-state index in [-0.39, 0.29) is 5.91 Å². The number of benzene rings is 1. The van der Waals surface area contributed by atoms with E-state index in [4.69, 9.17) is 5.73 Å².